The number of nitrogens with zero attached hydrogens (tertiary/aromatic N) is 2. The normalized spacial score (nSPS) is 18.1. The molecule has 2 aromatic carbocycles. The van der Waals surface area contributed by atoms with E-state index in [1.165, 1.54) is 17.5 Å². The molecule has 3 heteroatoms. The van der Waals surface area contributed by atoms with Gasteiger partial charge in [0.2, 0.25) is 5.89 Å². The molecule has 4 rings (SSSR count). The summed E-state index contributed by atoms with van der Waals surface area (Å²) < 4.78 is 6.09. The van der Waals surface area contributed by atoms with Gasteiger partial charge in [0.25, 0.3) is 0 Å². The van der Waals surface area contributed by atoms with Crippen molar-refractivity contribution in [2.45, 2.75) is 31.8 Å². The highest BCUT2D eigenvalue weighted by atomic mass is 16.4. The number of likely N-dealkylation sites (tertiary alicyclic amines) is 1. The summed E-state index contributed by atoms with van der Waals surface area (Å²) in [5.41, 5.74) is 2.60. The Morgan fingerprint density at radius 1 is 0.958 bits per heavy atom. The number of benzene rings is 2. The Morgan fingerprint density at radius 2 is 1.67 bits per heavy atom. The van der Waals surface area contributed by atoms with Crippen LogP contribution in [0.2, 0.25) is 0 Å². The molecule has 24 heavy (non-hydrogen) atoms. The highest BCUT2D eigenvalue weighted by molar-refractivity contribution is 5.20. The summed E-state index contributed by atoms with van der Waals surface area (Å²) in [5, 5.41) is 0. The third-order valence-electron chi connectivity index (χ3n) is 4.67. The lowest BCUT2D eigenvalue weighted by Crippen LogP contribution is -2.22. The van der Waals surface area contributed by atoms with E-state index in [-0.39, 0.29) is 0 Å². The van der Waals surface area contributed by atoms with Gasteiger partial charge in [0.15, 0.2) is 0 Å². The summed E-state index contributed by atoms with van der Waals surface area (Å²) >= 11 is 0. The summed E-state index contributed by atoms with van der Waals surface area (Å²) in [7, 11) is 0. The molecular weight excluding hydrogens is 296 g/mol. The fourth-order valence-corrected chi connectivity index (χ4v) is 3.47. The Hall–Kier alpha value is -2.39. The van der Waals surface area contributed by atoms with E-state index in [1.807, 2.05) is 12.3 Å². The average Bonchev–Trinajstić information content (AvgIpc) is 3.26. The van der Waals surface area contributed by atoms with Gasteiger partial charge in [0.05, 0.1) is 12.2 Å². The SMILES string of the molecule is c1ccc(Cc2cnc(C3CCCN3Cc3ccccc3)o2)cc1. The van der Waals surface area contributed by atoms with E-state index in [1.54, 1.807) is 0 Å². The van der Waals surface area contributed by atoms with Gasteiger partial charge >= 0.3 is 0 Å². The van der Waals surface area contributed by atoms with Crippen LogP contribution in [0.5, 0.6) is 0 Å². The zero-order valence-corrected chi connectivity index (χ0v) is 13.8. The Morgan fingerprint density at radius 3 is 2.42 bits per heavy atom. The van der Waals surface area contributed by atoms with Crippen LogP contribution in [-0.4, -0.2) is 16.4 Å². The van der Waals surface area contributed by atoms with Gasteiger partial charge in [-0.3, -0.25) is 4.90 Å². The third kappa shape index (κ3) is 3.41. The van der Waals surface area contributed by atoms with Crippen LogP contribution in [-0.2, 0) is 13.0 Å². The molecule has 0 bridgehead atoms. The maximum atomic E-state index is 6.09. The predicted octanol–water partition coefficient (Wildman–Crippen LogP) is 4.60. The minimum atomic E-state index is 0.301. The lowest BCUT2D eigenvalue weighted by molar-refractivity contribution is 0.212. The molecule has 0 amide bonds. The number of aromatic nitrogens is 1. The van der Waals surface area contributed by atoms with E-state index in [9.17, 15) is 0 Å². The molecule has 1 atom stereocenters. The summed E-state index contributed by atoms with van der Waals surface area (Å²) in [5.74, 6) is 1.82. The van der Waals surface area contributed by atoms with Gasteiger partial charge in [-0.25, -0.2) is 4.98 Å². The van der Waals surface area contributed by atoms with E-state index in [4.69, 9.17) is 4.42 Å². The largest absolute Gasteiger partial charge is 0.444 e. The van der Waals surface area contributed by atoms with E-state index in [0.717, 1.165) is 37.6 Å². The second-order valence-corrected chi connectivity index (χ2v) is 6.44. The molecule has 1 aromatic heterocycles. The maximum Gasteiger partial charge on any atom is 0.211 e. The van der Waals surface area contributed by atoms with Crippen molar-refractivity contribution in [2.75, 3.05) is 6.54 Å². The lowest BCUT2D eigenvalue weighted by atomic mass is 10.1. The van der Waals surface area contributed by atoms with E-state index >= 15 is 0 Å². The third-order valence-corrected chi connectivity index (χ3v) is 4.67. The summed E-state index contributed by atoms with van der Waals surface area (Å²) in [4.78, 5) is 7.06. The van der Waals surface area contributed by atoms with Crippen molar-refractivity contribution >= 4 is 0 Å². The van der Waals surface area contributed by atoms with Crippen LogP contribution in [0.15, 0.2) is 71.3 Å². The lowest BCUT2D eigenvalue weighted by Gasteiger charge is -2.21. The summed E-state index contributed by atoms with van der Waals surface area (Å²) in [6.45, 7) is 2.07. The molecule has 1 saturated heterocycles. The number of hydrogen-bond donors (Lipinski definition) is 0. The first-order chi connectivity index (χ1) is 11.9. The first-order valence-corrected chi connectivity index (χ1v) is 8.65. The summed E-state index contributed by atoms with van der Waals surface area (Å²) in [6, 6.07) is 21.3. The van der Waals surface area contributed by atoms with Gasteiger partial charge in [0.1, 0.15) is 5.76 Å². The zero-order valence-electron chi connectivity index (χ0n) is 13.8. The highest BCUT2D eigenvalue weighted by Crippen LogP contribution is 2.33. The van der Waals surface area contributed by atoms with Gasteiger partial charge in [0, 0.05) is 13.0 Å². The minimum absolute atomic E-state index is 0.301. The Bertz CT molecular complexity index is 767. The van der Waals surface area contributed by atoms with Gasteiger partial charge in [-0.1, -0.05) is 60.7 Å². The van der Waals surface area contributed by atoms with Gasteiger partial charge < -0.3 is 4.42 Å². The molecule has 0 saturated carbocycles. The van der Waals surface area contributed by atoms with Crippen molar-refractivity contribution in [2.24, 2.45) is 0 Å². The molecule has 2 heterocycles. The van der Waals surface area contributed by atoms with Crippen LogP contribution < -0.4 is 0 Å². The second-order valence-electron chi connectivity index (χ2n) is 6.44. The van der Waals surface area contributed by atoms with Gasteiger partial charge in [-0.05, 0) is 30.5 Å². The van der Waals surface area contributed by atoms with Crippen LogP contribution in [0.4, 0.5) is 0 Å². The van der Waals surface area contributed by atoms with E-state index < -0.39 is 0 Å². The Labute approximate surface area is 143 Å². The van der Waals surface area contributed by atoms with Gasteiger partial charge in [-0.15, -0.1) is 0 Å². The van der Waals surface area contributed by atoms with Crippen LogP contribution in [0, 0.1) is 0 Å². The number of hydrogen-bond acceptors (Lipinski definition) is 3. The van der Waals surface area contributed by atoms with Crippen molar-refractivity contribution in [1.29, 1.82) is 0 Å². The quantitative estimate of drug-likeness (QED) is 0.688. The summed E-state index contributed by atoms with van der Waals surface area (Å²) in [6.07, 6.45) is 5.02. The molecule has 0 N–H and O–H groups in total. The number of rotatable bonds is 5. The molecule has 1 aliphatic rings. The zero-order chi connectivity index (χ0) is 16.2. The Balaban J connectivity index is 1.47. The van der Waals surface area contributed by atoms with Crippen molar-refractivity contribution in [3.8, 4) is 0 Å². The van der Waals surface area contributed by atoms with Crippen molar-refractivity contribution < 1.29 is 4.42 Å². The Kier molecular flexibility index (Phi) is 4.43. The number of oxazole rings is 1. The molecule has 122 valence electrons. The predicted molar refractivity (Wildman–Crippen MR) is 94.6 cm³/mol. The van der Waals surface area contributed by atoms with Crippen LogP contribution in [0.25, 0.3) is 0 Å². The average molecular weight is 318 g/mol. The maximum absolute atomic E-state index is 6.09. The highest BCUT2D eigenvalue weighted by Gasteiger charge is 2.29. The van der Waals surface area contributed by atoms with Crippen molar-refractivity contribution in [3.63, 3.8) is 0 Å². The first kappa shape index (κ1) is 15.2. The fourth-order valence-electron chi connectivity index (χ4n) is 3.47. The molecule has 1 fully saturated rings. The van der Waals surface area contributed by atoms with Crippen molar-refractivity contribution in [3.05, 3.63) is 89.6 Å². The molecule has 0 aliphatic carbocycles. The minimum Gasteiger partial charge on any atom is -0.444 e. The monoisotopic (exact) mass is 318 g/mol. The molecule has 0 spiro atoms. The van der Waals surface area contributed by atoms with E-state index in [0.29, 0.717) is 6.04 Å². The topological polar surface area (TPSA) is 29.3 Å². The molecule has 3 aromatic rings. The standard InChI is InChI=1S/C21H22N2O/c1-3-8-17(9-4-1)14-19-15-22-21(24-19)20-12-7-13-23(20)16-18-10-5-2-6-11-18/h1-6,8-11,15,20H,7,12-14,16H2. The molecular formula is C21H22N2O. The molecule has 1 aliphatic heterocycles. The fraction of sp³-hybridized carbons (Fsp3) is 0.286. The van der Waals surface area contributed by atoms with Crippen molar-refractivity contribution in [1.82, 2.24) is 9.88 Å². The molecule has 1 unspecified atom stereocenters. The molecule has 3 nitrogen and oxygen atoms in total. The van der Waals surface area contributed by atoms with Crippen LogP contribution in [0.3, 0.4) is 0 Å². The van der Waals surface area contributed by atoms with Crippen LogP contribution in [0.1, 0.15) is 41.7 Å². The second kappa shape index (κ2) is 7.02. The van der Waals surface area contributed by atoms with E-state index in [2.05, 4.69) is 64.5 Å². The smallest absolute Gasteiger partial charge is 0.211 e. The first-order valence-electron chi connectivity index (χ1n) is 8.65. The van der Waals surface area contributed by atoms with Crippen LogP contribution >= 0.6 is 0 Å². The van der Waals surface area contributed by atoms with Gasteiger partial charge in [-0.2, -0.15) is 0 Å². The molecule has 0 radical (unpaired) electrons.